The lowest BCUT2D eigenvalue weighted by Gasteiger charge is -2.30. The zero-order chi connectivity index (χ0) is 13.8. The predicted molar refractivity (Wildman–Crippen MR) is 72.4 cm³/mol. The molecule has 104 valence electrons. The summed E-state index contributed by atoms with van der Waals surface area (Å²) >= 11 is 0. The summed E-state index contributed by atoms with van der Waals surface area (Å²) in [6, 6.07) is 5.85. The van der Waals surface area contributed by atoms with Crippen LogP contribution >= 0.6 is 0 Å². The topological polar surface area (TPSA) is 68.4 Å². The number of aryl methyl sites for hydroxylation is 1. The summed E-state index contributed by atoms with van der Waals surface area (Å²) in [7, 11) is 2.02. The van der Waals surface area contributed by atoms with E-state index in [4.69, 9.17) is 14.7 Å². The van der Waals surface area contributed by atoms with Crippen molar-refractivity contribution in [2.75, 3.05) is 7.05 Å². The van der Waals surface area contributed by atoms with Crippen LogP contribution in [-0.4, -0.2) is 23.1 Å². The Balaban J connectivity index is 2.14. The summed E-state index contributed by atoms with van der Waals surface area (Å²) < 4.78 is 10.6. The van der Waals surface area contributed by atoms with Crippen LogP contribution in [0.4, 0.5) is 0 Å². The highest BCUT2D eigenvalue weighted by atomic mass is 16.5. The molecule has 2 rings (SSSR count). The normalized spacial score (nSPS) is 14.8. The van der Waals surface area contributed by atoms with Crippen LogP contribution in [0.2, 0.25) is 0 Å². The zero-order valence-electron chi connectivity index (χ0n) is 11.7. The first-order valence-corrected chi connectivity index (χ1v) is 6.53. The van der Waals surface area contributed by atoms with E-state index in [2.05, 4.69) is 17.0 Å². The van der Waals surface area contributed by atoms with E-state index in [0.717, 1.165) is 23.6 Å². The molecule has 0 radical (unpaired) electrons. The minimum absolute atomic E-state index is 0.0177. The second-order valence-corrected chi connectivity index (χ2v) is 4.88. The van der Waals surface area contributed by atoms with Gasteiger partial charge in [-0.2, -0.15) is 0 Å². The molecule has 2 heterocycles. The van der Waals surface area contributed by atoms with Gasteiger partial charge in [-0.1, -0.05) is 12.1 Å². The number of furan rings is 1. The summed E-state index contributed by atoms with van der Waals surface area (Å²) in [5, 5.41) is 4.02. The molecule has 2 atom stereocenters. The zero-order valence-corrected chi connectivity index (χ0v) is 11.7. The quantitative estimate of drug-likeness (QED) is 0.867. The van der Waals surface area contributed by atoms with Crippen molar-refractivity contribution in [1.29, 1.82) is 0 Å². The van der Waals surface area contributed by atoms with E-state index >= 15 is 0 Å². The number of nitrogens with zero attached hydrogens (tertiary/aromatic N) is 2. The average Bonchev–Trinajstić information content (AvgIpc) is 3.01. The molecule has 2 unspecified atom stereocenters. The summed E-state index contributed by atoms with van der Waals surface area (Å²) in [6.07, 6.45) is 2.56. The molecule has 2 N–H and O–H groups in total. The number of nitrogens with two attached hydrogens (primary N) is 1. The van der Waals surface area contributed by atoms with Crippen molar-refractivity contribution in [3.63, 3.8) is 0 Å². The fourth-order valence-corrected chi connectivity index (χ4v) is 2.28. The third-order valence-electron chi connectivity index (χ3n) is 3.27. The van der Waals surface area contributed by atoms with Gasteiger partial charge in [0.15, 0.2) is 0 Å². The highest BCUT2D eigenvalue weighted by molar-refractivity contribution is 5.09. The molecule has 5 nitrogen and oxygen atoms in total. The smallest absolute Gasteiger partial charge is 0.133 e. The minimum Gasteiger partial charge on any atom is -0.468 e. The van der Waals surface area contributed by atoms with E-state index in [1.54, 1.807) is 6.26 Å². The molecule has 0 aromatic carbocycles. The highest BCUT2D eigenvalue weighted by Crippen LogP contribution is 2.25. The molecule has 0 saturated heterocycles. The van der Waals surface area contributed by atoms with Gasteiger partial charge >= 0.3 is 0 Å². The lowest BCUT2D eigenvalue weighted by molar-refractivity contribution is 0.171. The number of hydrogen-bond donors (Lipinski definition) is 1. The summed E-state index contributed by atoms with van der Waals surface area (Å²) in [4.78, 5) is 2.14. The van der Waals surface area contributed by atoms with Gasteiger partial charge in [0.1, 0.15) is 11.5 Å². The van der Waals surface area contributed by atoms with E-state index in [1.807, 2.05) is 32.2 Å². The Bertz CT molecular complexity index is 493. The van der Waals surface area contributed by atoms with E-state index in [1.165, 1.54) is 0 Å². The number of aromatic nitrogens is 1. The van der Waals surface area contributed by atoms with Crippen LogP contribution < -0.4 is 5.73 Å². The van der Waals surface area contributed by atoms with Crippen molar-refractivity contribution in [3.8, 4) is 0 Å². The molecule has 19 heavy (non-hydrogen) atoms. The molecule has 0 amide bonds. The average molecular weight is 263 g/mol. The second kappa shape index (κ2) is 6.04. The van der Waals surface area contributed by atoms with Crippen LogP contribution in [0, 0.1) is 6.92 Å². The number of likely N-dealkylation sites (N-methyl/N-ethyl adjacent to an activating group) is 1. The van der Waals surface area contributed by atoms with Crippen molar-refractivity contribution in [1.82, 2.24) is 10.1 Å². The Morgan fingerprint density at radius 3 is 2.79 bits per heavy atom. The molecule has 5 heteroatoms. The molecule has 2 aromatic rings. The molecule has 0 saturated carbocycles. The van der Waals surface area contributed by atoms with Crippen LogP contribution in [-0.2, 0) is 6.54 Å². The fraction of sp³-hybridized carbons (Fsp3) is 0.500. The lowest BCUT2D eigenvalue weighted by Crippen LogP contribution is -2.38. The first kappa shape index (κ1) is 13.8. The van der Waals surface area contributed by atoms with Gasteiger partial charge < -0.3 is 14.7 Å². The second-order valence-electron chi connectivity index (χ2n) is 4.88. The van der Waals surface area contributed by atoms with Gasteiger partial charge in [0.25, 0.3) is 0 Å². The molecule has 0 aliphatic heterocycles. The van der Waals surface area contributed by atoms with Crippen molar-refractivity contribution >= 4 is 0 Å². The predicted octanol–water partition coefficient (Wildman–Crippen LogP) is 2.49. The molecule has 2 aromatic heterocycles. The van der Waals surface area contributed by atoms with Gasteiger partial charge in [-0.25, -0.2) is 0 Å². The maximum absolute atomic E-state index is 6.22. The number of hydrogen-bond acceptors (Lipinski definition) is 5. The third-order valence-corrected chi connectivity index (χ3v) is 3.27. The van der Waals surface area contributed by atoms with Crippen LogP contribution in [0.1, 0.15) is 36.6 Å². The highest BCUT2D eigenvalue weighted by Gasteiger charge is 2.26. The lowest BCUT2D eigenvalue weighted by atomic mass is 10.0. The first-order chi connectivity index (χ1) is 9.11. The molecular weight excluding hydrogens is 242 g/mol. The Kier molecular flexibility index (Phi) is 4.39. The standard InChI is InChI=1S/C14H21N3O2/c1-4-12(15)14(13-6-5-7-18-13)17(3)9-11-8-10(2)19-16-11/h5-8,12,14H,4,9,15H2,1-3H3. The SMILES string of the molecule is CCC(N)C(c1ccco1)N(C)Cc1cc(C)on1. The van der Waals surface area contributed by atoms with Crippen molar-refractivity contribution < 1.29 is 8.94 Å². The Morgan fingerprint density at radius 1 is 1.47 bits per heavy atom. The molecule has 0 aliphatic rings. The summed E-state index contributed by atoms with van der Waals surface area (Å²) in [6.45, 7) is 4.64. The Hall–Kier alpha value is -1.59. The summed E-state index contributed by atoms with van der Waals surface area (Å²) in [5.41, 5.74) is 7.13. The van der Waals surface area contributed by atoms with Crippen LogP contribution in [0.15, 0.2) is 33.4 Å². The van der Waals surface area contributed by atoms with Crippen LogP contribution in [0.3, 0.4) is 0 Å². The maximum Gasteiger partial charge on any atom is 0.133 e. The largest absolute Gasteiger partial charge is 0.468 e. The number of rotatable bonds is 6. The Morgan fingerprint density at radius 2 is 2.26 bits per heavy atom. The van der Waals surface area contributed by atoms with Gasteiger partial charge in [-0.05, 0) is 32.5 Å². The first-order valence-electron chi connectivity index (χ1n) is 6.53. The van der Waals surface area contributed by atoms with Crippen molar-refractivity contribution in [3.05, 3.63) is 41.7 Å². The summed E-state index contributed by atoms with van der Waals surface area (Å²) in [5.74, 6) is 1.70. The molecule has 0 bridgehead atoms. The molecular formula is C14H21N3O2. The van der Waals surface area contributed by atoms with E-state index < -0.39 is 0 Å². The molecule has 0 aliphatic carbocycles. The van der Waals surface area contributed by atoms with Crippen molar-refractivity contribution in [2.45, 2.75) is 38.9 Å². The maximum atomic E-state index is 6.22. The monoisotopic (exact) mass is 263 g/mol. The van der Waals surface area contributed by atoms with Gasteiger partial charge in [-0.15, -0.1) is 0 Å². The van der Waals surface area contributed by atoms with Crippen LogP contribution in [0.5, 0.6) is 0 Å². The van der Waals surface area contributed by atoms with Gasteiger partial charge in [0.05, 0.1) is 18.0 Å². The Labute approximate surface area is 113 Å². The van der Waals surface area contributed by atoms with Crippen molar-refractivity contribution in [2.24, 2.45) is 5.73 Å². The van der Waals surface area contributed by atoms with Gasteiger partial charge in [-0.3, -0.25) is 4.90 Å². The third kappa shape index (κ3) is 3.24. The molecule has 0 spiro atoms. The van der Waals surface area contributed by atoms with Crippen LogP contribution in [0.25, 0.3) is 0 Å². The van der Waals surface area contributed by atoms with E-state index in [-0.39, 0.29) is 12.1 Å². The van der Waals surface area contributed by atoms with Gasteiger partial charge in [0.2, 0.25) is 0 Å². The molecule has 0 fully saturated rings. The van der Waals surface area contributed by atoms with Gasteiger partial charge in [0, 0.05) is 18.7 Å². The van der Waals surface area contributed by atoms with E-state index in [9.17, 15) is 0 Å². The fourth-order valence-electron chi connectivity index (χ4n) is 2.28. The minimum atomic E-state index is 0.0177. The van der Waals surface area contributed by atoms with E-state index in [0.29, 0.717) is 6.54 Å².